The molecule has 2 aliphatic heterocycles. The van der Waals surface area contributed by atoms with E-state index >= 15 is 0 Å². The van der Waals surface area contributed by atoms with Gasteiger partial charge in [-0.3, -0.25) is 4.98 Å². The van der Waals surface area contributed by atoms with Gasteiger partial charge >= 0.3 is 0 Å². The summed E-state index contributed by atoms with van der Waals surface area (Å²) in [7, 11) is 0. The van der Waals surface area contributed by atoms with Crippen LogP contribution in [0.25, 0.3) is 0 Å². The molecule has 8 heteroatoms. The van der Waals surface area contributed by atoms with E-state index in [-0.39, 0.29) is 6.29 Å². The zero-order chi connectivity index (χ0) is 19.3. The summed E-state index contributed by atoms with van der Waals surface area (Å²) in [6, 6.07) is 3.82. The molecule has 0 aliphatic carbocycles. The van der Waals surface area contributed by atoms with Crippen molar-refractivity contribution in [2.24, 2.45) is 0 Å². The minimum Gasteiger partial charge on any atom is -0.465 e. The maximum atomic E-state index is 6.02. The highest BCUT2D eigenvalue weighted by atomic mass is 16.7. The fourth-order valence-electron chi connectivity index (χ4n) is 3.00. The van der Waals surface area contributed by atoms with Gasteiger partial charge in [0.1, 0.15) is 5.75 Å². The standard InChI is InChI=1S/C20H32N2O6/c1-2-6-27-20(3-1)28-19-13-17-15-25-11-9-23-7-4-21-5-8-24-10-12-26-16-18(14-19)22-17/h13-14,20-21H,1-12,15-16H2. The molecule has 3 heterocycles. The predicted octanol–water partition coefficient (Wildman–Crippen LogP) is 1.66. The largest absolute Gasteiger partial charge is 0.465 e. The lowest BCUT2D eigenvalue weighted by Crippen LogP contribution is -2.25. The molecule has 1 unspecified atom stereocenters. The molecule has 1 atom stereocenters. The van der Waals surface area contributed by atoms with Gasteiger partial charge in [-0.25, -0.2) is 0 Å². The summed E-state index contributed by atoms with van der Waals surface area (Å²) in [6.07, 6.45) is 2.93. The van der Waals surface area contributed by atoms with Crippen molar-refractivity contribution in [1.29, 1.82) is 0 Å². The monoisotopic (exact) mass is 396 g/mol. The second-order valence-corrected chi connectivity index (χ2v) is 6.78. The number of ether oxygens (including phenoxy) is 6. The number of nitrogens with zero attached hydrogens (tertiary/aromatic N) is 1. The first-order chi connectivity index (χ1) is 13.9. The first-order valence-corrected chi connectivity index (χ1v) is 10.2. The summed E-state index contributed by atoms with van der Waals surface area (Å²) < 4.78 is 34.2. The number of fused-ring (bicyclic) bond motifs is 2. The minimum absolute atomic E-state index is 0.195. The Morgan fingerprint density at radius 2 is 1.43 bits per heavy atom. The van der Waals surface area contributed by atoms with E-state index in [4.69, 9.17) is 28.4 Å². The molecule has 0 aromatic carbocycles. The quantitative estimate of drug-likeness (QED) is 0.809. The Hall–Kier alpha value is -1.29. The average Bonchev–Trinajstić information content (AvgIpc) is 2.71. The van der Waals surface area contributed by atoms with E-state index in [9.17, 15) is 0 Å². The second kappa shape index (κ2) is 13.0. The van der Waals surface area contributed by atoms with Gasteiger partial charge in [-0.05, 0) is 12.8 Å². The van der Waals surface area contributed by atoms with Crippen molar-refractivity contribution in [1.82, 2.24) is 10.3 Å². The molecule has 3 rings (SSSR count). The van der Waals surface area contributed by atoms with Gasteiger partial charge in [0.25, 0.3) is 0 Å². The zero-order valence-corrected chi connectivity index (χ0v) is 16.5. The molecule has 1 N–H and O–H groups in total. The van der Waals surface area contributed by atoms with E-state index < -0.39 is 0 Å². The van der Waals surface area contributed by atoms with Gasteiger partial charge in [-0.1, -0.05) is 0 Å². The minimum atomic E-state index is -0.195. The molecule has 2 bridgehead atoms. The lowest BCUT2D eigenvalue weighted by molar-refractivity contribution is -0.106. The Morgan fingerprint density at radius 1 is 0.786 bits per heavy atom. The summed E-state index contributed by atoms with van der Waals surface area (Å²) >= 11 is 0. The third-order valence-electron chi connectivity index (χ3n) is 4.40. The Bertz CT molecular complexity index is 519. The second-order valence-electron chi connectivity index (χ2n) is 6.78. The maximum absolute atomic E-state index is 6.02. The van der Waals surface area contributed by atoms with Crippen LogP contribution in [0.1, 0.15) is 30.7 Å². The highest BCUT2D eigenvalue weighted by Crippen LogP contribution is 2.21. The van der Waals surface area contributed by atoms with Gasteiger partial charge in [0.2, 0.25) is 0 Å². The van der Waals surface area contributed by atoms with Crippen LogP contribution in [0.2, 0.25) is 0 Å². The van der Waals surface area contributed by atoms with Gasteiger partial charge < -0.3 is 33.7 Å². The SMILES string of the molecule is c1c(OC2CCCCO2)cc2nc1COCCOCCNCCOCCOC2. The number of rotatable bonds is 2. The number of hydrogen-bond donors (Lipinski definition) is 1. The van der Waals surface area contributed by atoms with Crippen LogP contribution in [0.5, 0.6) is 5.75 Å². The van der Waals surface area contributed by atoms with Crippen molar-refractivity contribution in [3.8, 4) is 5.75 Å². The van der Waals surface area contributed by atoms with Crippen molar-refractivity contribution in [3.63, 3.8) is 0 Å². The van der Waals surface area contributed by atoms with E-state index in [0.29, 0.717) is 52.9 Å². The molecule has 8 nitrogen and oxygen atoms in total. The summed E-state index contributed by atoms with van der Waals surface area (Å²) in [5.41, 5.74) is 1.62. The van der Waals surface area contributed by atoms with Gasteiger partial charge in [0, 0.05) is 31.6 Å². The van der Waals surface area contributed by atoms with Crippen LogP contribution in [-0.2, 0) is 36.9 Å². The highest BCUT2D eigenvalue weighted by Gasteiger charge is 2.16. The van der Waals surface area contributed by atoms with Gasteiger partial charge in [0.05, 0.1) is 70.8 Å². The molecule has 0 saturated carbocycles. The summed E-state index contributed by atoms with van der Waals surface area (Å²) in [6.45, 7) is 6.61. The fraction of sp³-hybridized carbons (Fsp3) is 0.750. The van der Waals surface area contributed by atoms with Crippen molar-refractivity contribution in [2.45, 2.75) is 38.8 Å². The van der Waals surface area contributed by atoms with Crippen molar-refractivity contribution >= 4 is 0 Å². The lowest BCUT2D eigenvalue weighted by atomic mass is 10.2. The topological polar surface area (TPSA) is 80.3 Å². The van der Waals surface area contributed by atoms with E-state index in [1.807, 2.05) is 12.1 Å². The number of aromatic nitrogens is 1. The summed E-state index contributed by atoms with van der Waals surface area (Å²) in [5, 5.41) is 3.27. The summed E-state index contributed by atoms with van der Waals surface area (Å²) in [5.74, 6) is 0.743. The molecule has 1 saturated heterocycles. The average molecular weight is 396 g/mol. The van der Waals surface area contributed by atoms with Gasteiger partial charge in [0.15, 0.2) is 6.29 Å². The number of nitrogens with one attached hydrogen (secondary N) is 1. The van der Waals surface area contributed by atoms with Crippen LogP contribution in [0.4, 0.5) is 0 Å². The van der Waals surface area contributed by atoms with Crippen LogP contribution in [0.15, 0.2) is 12.1 Å². The third-order valence-corrected chi connectivity index (χ3v) is 4.40. The van der Waals surface area contributed by atoms with Gasteiger partial charge in [-0.15, -0.1) is 0 Å². The molecule has 0 spiro atoms. The van der Waals surface area contributed by atoms with E-state index in [0.717, 1.165) is 56.1 Å². The van der Waals surface area contributed by atoms with Crippen LogP contribution in [-0.4, -0.2) is 70.6 Å². The van der Waals surface area contributed by atoms with Crippen LogP contribution < -0.4 is 10.1 Å². The number of hydrogen-bond acceptors (Lipinski definition) is 8. The smallest absolute Gasteiger partial charge is 0.199 e. The van der Waals surface area contributed by atoms with Crippen molar-refractivity contribution in [2.75, 3.05) is 59.3 Å². The van der Waals surface area contributed by atoms with Crippen molar-refractivity contribution < 1.29 is 28.4 Å². The number of pyridine rings is 1. The van der Waals surface area contributed by atoms with E-state index in [1.54, 1.807) is 0 Å². The van der Waals surface area contributed by atoms with Crippen LogP contribution in [0, 0.1) is 0 Å². The van der Waals surface area contributed by atoms with Crippen molar-refractivity contribution in [3.05, 3.63) is 23.5 Å². The Balaban J connectivity index is 1.58. The molecule has 158 valence electrons. The molecule has 28 heavy (non-hydrogen) atoms. The normalized spacial score (nSPS) is 24.1. The van der Waals surface area contributed by atoms with E-state index in [2.05, 4.69) is 10.3 Å². The molecule has 1 aromatic heterocycles. The zero-order valence-electron chi connectivity index (χ0n) is 16.5. The van der Waals surface area contributed by atoms with Crippen LogP contribution >= 0.6 is 0 Å². The lowest BCUT2D eigenvalue weighted by Gasteiger charge is -2.24. The Morgan fingerprint density at radius 3 is 2.04 bits per heavy atom. The summed E-state index contributed by atoms with van der Waals surface area (Å²) in [4.78, 5) is 4.63. The van der Waals surface area contributed by atoms with Gasteiger partial charge in [-0.2, -0.15) is 0 Å². The molecule has 0 amide bonds. The molecule has 2 aliphatic rings. The third kappa shape index (κ3) is 8.38. The molecule has 0 radical (unpaired) electrons. The van der Waals surface area contributed by atoms with E-state index in [1.165, 1.54) is 0 Å². The first-order valence-electron chi connectivity index (χ1n) is 10.2. The van der Waals surface area contributed by atoms with Crippen LogP contribution in [0.3, 0.4) is 0 Å². The Labute approximate surface area is 166 Å². The first kappa shape index (κ1) is 21.4. The molecular formula is C20H32N2O6. The Kier molecular flexibility index (Phi) is 9.97. The maximum Gasteiger partial charge on any atom is 0.199 e. The fourth-order valence-corrected chi connectivity index (χ4v) is 3.00. The predicted molar refractivity (Wildman–Crippen MR) is 102 cm³/mol. The molecular weight excluding hydrogens is 364 g/mol. The molecule has 1 fully saturated rings. The molecule has 1 aromatic rings. The highest BCUT2D eigenvalue weighted by molar-refractivity contribution is 5.27.